The zero-order chi connectivity index (χ0) is 15.8. The number of amides is 2. The lowest BCUT2D eigenvalue weighted by Crippen LogP contribution is -2.46. The summed E-state index contributed by atoms with van der Waals surface area (Å²) in [4.78, 5) is 22.2. The fourth-order valence-corrected chi connectivity index (χ4v) is 1.67. The van der Waals surface area contributed by atoms with Crippen LogP contribution in [0.3, 0.4) is 0 Å². The van der Waals surface area contributed by atoms with Crippen LogP contribution in [-0.4, -0.2) is 41.4 Å². The van der Waals surface area contributed by atoms with Crippen LogP contribution in [0.4, 0.5) is 13.6 Å². The van der Waals surface area contributed by atoms with Crippen molar-refractivity contribution in [1.82, 2.24) is 10.6 Å². The third-order valence-electron chi connectivity index (χ3n) is 2.64. The highest BCUT2D eigenvalue weighted by Gasteiger charge is 2.18. The number of aliphatic hydroxyl groups excluding tert-OH is 1. The van der Waals surface area contributed by atoms with Crippen LogP contribution in [0.15, 0.2) is 18.2 Å². The fourth-order valence-electron chi connectivity index (χ4n) is 1.67. The van der Waals surface area contributed by atoms with Gasteiger partial charge in [-0.25, -0.2) is 18.4 Å². The maximum absolute atomic E-state index is 12.9. The van der Waals surface area contributed by atoms with Crippen molar-refractivity contribution in [2.75, 3.05) is 13.2 Å². The van der Waals surface area contributed by atoms with E-state index in [0.717, 1.165) is 18.2 Å². The molecule has 0 aliphatic rings. The second-order valence-corrected chi connectivity index (χ2v) is 4.33. The Bertz CT molecular complexity index is 491. The van der Waals surface area contributed by atoms with Gasteiger partial charge in [0, 0.05) is 25.6 Å². The normalized spacial score (nSPS) is 11.8. The molecule has 0 aliphatic carbocycles. The molecule has 1 atom stereocenters. The SMILES string of the molecule is O=C(NCCc1cc(F)cc(F)c1)N[C@H](CCO)C(=O)O. The van der Waals surface area contributed by atoms with Gasteiger partial charge in [-0.3, -0.25) is 0 Å². The average Bonchev–Trinajstić information content (AvgIpc) is 2.36. The summed E-state index contributed by atoms with van der Waals surface area (Å²) in [5, 5.41) is 22.0. The van der Waals surface area contributed by atoms with Crippen molar-refractivity contribution in [3.63, 3.8) is 0 Å². The number of urea groups is 1. The van der Waals surface area contributed by atoms with E-state index >= 15 is 0 Å². The van der Waals surface area contributed by atoms with E-state index in [0.29, 0.717) is 5.56 Å². The van der Waals surface area contributed by atoms with E-state index < -0.39 is 29.7 Å². The Hall–Kier alpha value is -2.22. The summed E-state index contributed by atoms with van der Waals surface area (Å²) in [6.07, 6.45) is 0.0811. The number of carbonyl (C=O) groups is 2. The first-order valence-electron chi connectivity index (χ1n) is 6.25. The van der Waals surface area contributed by atoms with E-state index in [4.69, 9.17) is 10.2 Å². The lowest BCUT2D eigenvalue weighted by molar-refractivity contribution is -0.139. The van der Waals surface area contributed by atoms with Gasteiger partial charge in [-0.1, -0.05) is 0 Å². The van der Waals surface area contributed by atoms with Crippen LogP contribution in [0.5, 0.6) is 0 Å². The first-order valence-corrected chi connectivity index (χ1v) is 6.25. The molecule has 116 valence electrons. The highest BCUT2D eigenvalue weighted by Crippen LogP contribution is 2.08. The minimum atomic E-state index is -1.26. The quantitative estimate of drug-likeness (QED) is 0.594. The molecule has 6 nitrogen and oxygen atoms in total. The summed E-state index contributed by atoms with van der Waals surface area (Å²) in [7, 11) is 0. The molecule has 1 rings (SSSR count). The third kappa shape index (κ3) is 6.17. The molecule has 21 heavy (non-hydrogen) atoms. The van der Waals surface area contributed by atoms with Crippen molar-refractivity contribution in [2.45, 2.75) is 18.9 Å². The van der Waals surface area contributed by atoms with Gasteiger partial charge in [0.25, 0.3) is 0 Å². The highest BCUT2D eigenvalue weighted by molar-refractivity contribution is 5.82. The molecular formula is C13H16F2N2O4. The maximum atomic E-state index is 12.9. The molecule has 4 N–H and O–H groups in total. The second kappa shape index (κ2) is 8.15. The second-order valence-electron chi connectivity index (χ2n) is 4.33. The molecule has 0 saturated carbocycles. The molecular weight excluding hydrogens is 286 g/mol. The number of hydrogen-bond acceptors (Lipinski definition) is 3. The number of aliphatic carboxylic acids is 1. The average molecular weight is 302 g/mol. The number of aliphatic hydroxyl groups is 1. The number of carbonyl (C=O) groups excluding carboxylic acids is 1. The molecule has 0 spiro atoms. The number of halogens is 2. The van der Waals surface area contributed by atoms with E-state index in [2.05, 4.69) is 10.6 Å². The minimum Gasteiger partial charge on any atom is -0.480 e. The molecule has 0 bridgehead atoms. The molecule has 1 aromatic rings. The van der Waals surface area contributed by atoms with Gasteiger partial charge >= 0.3 is 12.0 Å². The number of carboxylic acid groups (broad SMARTS) is 1. The Morgan fingerprint density at radius 1 is 1.19 bits per heavy atom. The van der Waals surface area contributed by atoms with Gasteiger partial charge in [-0.05, 0) is 24.1 Å². The molecule has 0 aromatic heterocycles. The molecule has 0 fully saturated rings. The molecule has 8 heteroatoms. The molecule has 0 saturated heterocycles. The number of rotatable bonds is 7. The van der Waals surface area contributed by atoms with E-state index in [9.17, 15) is 18.4 Å². The van der Waals surface area contributed by atoms with Crippen molar-refractivity contribution in [2.24, 2.45) is 0 Å². The summed E-state index contributed by atoms with van der Waals surface area (Å²) in [5.74, 6) is -2.67. The molecule has 0 unspecified atom stereocenters. The van der Waals surface area contributed by atoms with Crippen molar-refractivity contribution in [3.05, 3.63) is 35.4 Å². The van der Waals surface area contributed by atoms with Gasteiger partial charge in [-0.15, -0.1) is 0 Å². The van der Waals surface area contributed by atoms with Crippen molar-refractivity contribution in [1.29, 1.82) is 0 Å². The Morgan fingerprint density at radius 3 is 2.33 bits per heavy atom. The van der Waals surface area contributed by atoms with E-state index in [-0.39, 0.29) is 26.0 Å². The molecule has 2 amide bonds. The summed E-state index contributed by atoms with van der Waals surface area (Å²) in [5.41, 5.74) is 0.373. The largest absolute Gasteiger partial charge is 0.480 e. The Balaban J connectivity index is 2.40. The van der Waals surface area contributed by atoms with Crippen LogP contribution < -0.4 is 10.6 Å². The first-order chi connectivity index (χ1) is 9.92. The van der Waals surface area contributed by atoms with Gasteiger partial charge in [0.1, 0.15) is 17.7 Å². The summed E-state index contributed by atoms with van der Waals surface area (Å²) in [6, 6.07) is 1.12. The molecule has 1 aromatic carbocycles. The monoisotopic (exact) mass is 302 g/mol. The number of carboxylic acids is 1. The Labute approximate surface area is 119 Å². The van der Waals surface area contributed by atoms with E-state index in [1.807, 2.05) is 0 Å². The highest BCUT2D eigenvalue weighted by atomic mass is 19.1. The van der Waals surface area contributed by atoms with Gasteiger partial charge < -0.3 is 20.8 Å². The molecule has 0 aliphatic heterocycles. The fraction of sp³-hybridized carbons (Fsp3) is 0.385. The summed E-state index contributed by atoms with van der Waals surface area (Å²) < 4.78 is 25.9. The summed E-state index contributed by atoms with van der Waals surface area (Å²) in [6.45, 7) is -0.292. The number of nitrogens with one attached hydrogen (secondary N) is 2. The van der Waals surface area contributed by atoms with Gasteiger partial charge in [0.15, 0.2) is 0 Å². The van der Waals surface area contributed by atoms with E-state index in [1.165, 1.54) is 0 Å². The number of benzene rings is 1. The van der Waals surface area contributed by atoms with Gasteiger partial charge in [0.2, 0.25) is 0 Å². The van der Waals surface area contributed by atoms with Gasteiger partial charge in [-0.2, -0.15) is 0 Å². The topological polar surface area (TPSA) is 98.7 Å². The minimum absolute atomic E-state index is 0.0835. The zero-order valence-electron chi connectivity index (χ0n) is 11.1. The van der Waals surface area contributed by atoms with Crippen LogP contribution in [0.2, 0.25) is 0 Å². The first kappa shape index (κ1) is 16.8. The molecule has 0 radical (unpaired) electrons. The van der Waals surface area contributed by atoms with Crippen molar-refractivity contribution < 1.29 is 28.6 Å². The maximum Gasteiger partial charge on any atom is 0.326 e. The predicted octanol–water partition coefficient (Wildman–Crippen LogP) is 0.642. The Morgan fingerprint density at radius 2 is 1.81 bits per heavy atom. The van der Waals surface area contributed by atoms with Crippen molar-refractivity contribution >= 4 is 12.0 Å². The van der Waals surface area contributed by atoms with Crippen LogP contribution in [0.25, 0.3) is 0 Å². The van der Waals surface area contributed by atoms with Crippen molar-refractivity contribution in [3.8, 4) is 0 Å². The smallest absolute Gasteiger partial charge is 0.326 e. The van der Waals surface area contributed by atoms with Crippen LogP contribution >= 0.6 is 0 Å². The zero-order valence-corrected chi connectivity index (χ0v) is 11.1. The van der Waals surface area contributed by atoms with Crippen LogP contribution in [-0.2, 0) is 11.2 Å². The lowest BCUT2D eigenvalue weighted by Gasteiger charge is -2.14. The number of hydrogen-bond donors (Lipinski definition) is 4. The van der Waals surface area contributed by atoms with Crippen LogP contribution in [0, 0.1) is 11.6 Å². The van der Waals surface area contributed by atoms with Crippen LogP contribution in [0.1, 0.15) is 12.0 Å². The van der Waals surface area contributed by atoms with Gasteiger partial charge in [0.05, 0.1) is 0 Å². The predicted molar refractivity (Wildman–Crippen MR) is 69.7 cm³/mol. The third-order valence-corrected chi connectivity index (χ3v) is 2.64. The summed E-state index contributed by atoms with van der Waals surface area (Å²) >= 11 is 0. The molecule has 0 heterocycles. The lowest BCUT2D eigenvalue weighted by atomic mass is 10.1. The Kier molecular flexibility index (Phi) is 6.54. The van der Waals surface area contributed by atoms with E-state index in [1.54, 1.807) is 0 Å². The standard InChI is InChI=1S/C13H16F2N2O4/c14-9-5-8(6-10(15)7-9)1-3-16-13(21)17-11(2-4-18)12(19)20/h5-7,11,18H,1-4H2,(H,19,20)(H2,16,17,21)/t11-/m1/s1.